The van der Waals surface area contributed by atoms with Crippen LogP contribution >= 0.6 is 8.58 Å². The van der Waals surface area contributed by atoms with Gasteiger partial charge in [0, 0.05) is 30.4 Å². The Bertz CT molecular complexity index is 801. The third kappa shape index (κ3) is 4.31. The van der Waals surface area contributed by atoms with Gasteiger partial charge in [0.25, 0.3) is 0 Å². The highest BCUT2D eigenvalue weighted by Crippen LogP contribution is 2.20. The zero-order valence-electron chi connectivity index (χ0n) is 13.4. The predicted octanol–water partition coefficient (Wildman–Crippen LogP) is 2.98. The fraction of sp³-hybridized carbons (Fsp3) is 0.105. The predicted molar refractivity (Wildman–Crippen MR) is 100 cm³/mol. The molecule has 0 aliphatic rings. The van der Waals surface area contributed by atoms with Crippen molar-refractivity contribution in [2.24, 2.45) is 5.10 Å². The molecule has 4 nitrogen and oxygen atoms in total. The molecule has 5 heteroatoms. The average Bonchev–Trinajstić information content (AvgIpc) is 3.14. The lowest BCUT2D eigenvalue weighted by molar-refractivity contribution is 0.0519. The molecule has 24 heavy (non-hydrogen) atoms. The number of hydrogen-bond acceptors (Lipinski definition) is 3. The third-order valence-electron chi connectivity index (χ3n) is 3.37. The summed E-state index contributed by atoms with van der Waals surface area (Å²) in [4.78, 5) is 0. The minimum atomic E-state index is 0.248. The first-order valence-corrected chi connectivity index (χ1v) is 8.61. The van der Waals surface area contributed by atoms with Crippen molar-refractivity contribution in [1.82, 2.24) is 4.68 Å². The van der Waals surface area contributed by atoms with Crippen LogP contribution in [0.2, 0.25) is 0 Å². The number of rotatable bonds is 7. The Balaban J connectivity index is 1.83. The van der Waals surface area contributed by atoms with Crippen molar-refractivity contribution in [1.29, 1.82) is 0 Å². The summed E-state index contributed by atoms with van der Waals surface area (Å²) >= 11 is 0. The van der Waals surface area contributed by atoms with E-state index < -0.39 is 0 Å². The van der Waals surface area contributed by atoms with Gasteiger partial charge in [0.1, 0.15) is 5.75 Å². The average molecular weight is 338 g/mol. The molecule has 1 atom stereocenters. The Hall–Kier alpha value is -2.42. The van der Waals surface area contributed by atoms with E-state index in [9.17, 15) is 0 Å². The highest BCUT2D eigenvalue weighted by atomic mass is 31.1. The summed E-state index contributed by atoms with van der Waals surface area (Å²) in [6.45, 7) is 0.248. The van der Waals surface area contributed by atoms with Crippen molar-refractivity contribution < 1.29 is 9.47 Å². The van der Waals surface area contributed by atoms with Crippen molar-refractivity contribution in [3.8, 4) is 5.75 Å². The quantitative estimate of drug-likeness (QED) is 0.377. The second kappa shape index (κ2) is 8.44. The lowest BCUT2D eigenvalue weighted by Crippen LogP contribution is -2.12. The van der Waals surface area contributed by atoms with Gasteiger partial charge in [-0.25, -0.2) is 4.68 Å². The third-order valence-corrected chi connectivity index (χ3v) is 4.78. The zero-order valence-corrected chi connectivity index (χ0v) is 14.4. The van der Waals surface area contributed by atoms with Crippen LogP contribution in [0.5, 0.6) is 5.75 Å². The molecular formula is C19H19N2O2P. The van der Waals surface area contributed by atoms with Crippen LogP contribution < -0.4 is 15.3 Å². The Labute approximate surface area is 143 Å². The van der Waals surface area contributed by atoms with Crippen molar-refractivity contribution in [3.63, 3.8) is 0 Å². The number of methoxy groups -OCH3 is 1. The van der Waals surface area contributed by atoms with Crippen LogP contribution in [0.4, 0.5) is 0 Å². The number of benzene rings is 2. The first-order valence-electron chi connectivity index (χ1n) is 7.61. The lowest BCUT2D eigenvalue weighted by atomic mass is 10.2. The summed E-state index contributed by atoms with van der Waals surface area (Å²) in [5.41, 5.74) is 1.10. The van der Waals surface area contributed by atoms with Gasteiger partial charge in [-0.2, -0.15) is 5.10 Å². The molecule has 0 spiro atoms. The van der Waals surface area contributed by atoms with Crippen molar-refractivity contribution >= 4 is 25.4 Å². The highest BCUT2D eigenvalue weighted by molar-refractivity contribution is 7.56. The van der Waals surface area contributed by atoms with E-state index in [1.54, 1.807) is 11.8 Å². The monoisotopic (exact) mass is 338 g/mol. The SMILES string of the molecule is COCOc1ccccc1Pc1ccccc1/C=N\n1cccc1. The maximum atomic E-state index is 5.66. The molecule has 122 valence electrons. The number of para-hydroxylation sites is 1. The van der Waals surface area contributed by atoms with E-state index in [2.05, 4.69) is 23.3 Å². The van der Waals surface area contributed by atoms with E-state index in [1.165, 1.54) is 5.30 Å². The van der Waals surface area contributed by atoms with E-state index in [1.807, 2.05) is 61.1 Å². The molecule has 0 aliphatic heterocycles. The molecule has 0 saturated carbocycles. The Morgan fingerprint density at radius 1 is 0.958 bits per heavy atom. The van der Waals surface area contributed by atoms with Gasteiger partial charge in [0.2, 0.25) is 0 Å². The molecule has 1 heterocycles. The van der Waals surface area contributed by atoms with Crippen molar-refractivity contribution in [3.05, 3.63) is 78.6 Å². The van der Waals surface area contributed by atoms with Gasteiger partial charge in [0.05, 0.1) is 6.21 Å². The molecule has 0 aliphatic carbocycles. The number of ether oxygens (including phenoxy) is 2. The van der Waals surface area contributed by atoms with Crippen molar-refractivity contribution in [2.45, 2.75) is 0 Å². The van der Waals surface area contributed by atoms with Crippen LogP contribution in [-0.4, -0.2) is 24.8 Å². The first kappa shape index (κ1) is 16.4. The molecule has 0 fully saturated rings. The fourth-order valence-corrected chi connectivity index (χ4v) is 3.44. The summed E-state index contributed by atoms with van der Waals surface area (Å²) in [6, 6.07) is 20.2. The molecule has 0 radical (unpaired) electrons. The summed E-state index contributed by atoms with van der Waals surface area (Å²) in [7, 11) is 2.10. The molecule has 0 N–H and O–H groups in total. The number of aromatic nitrogens is 1. The minimum absolute atomic E-state index is 0.248. The normalized spacial score (nSPS) is 11.5. The first-order chi connectivity index (χ1) is 11.9. The van der Waals surface area contributed by atoms with E-state index in [4.69, 9.17) is 9.47 Å². The molecule has 0 saturated heterocycles. The summed E-state index contributed by atoms with van der Waals surface area (Å²) < 4.78 is 12.5. The fourth-order valence-electron chi connectivity index (χ4n) is 2.22. The highest BCUT2D eigenvalue weighted by Gasteiger charge is 2.07. The molecule has 3 rings (SSSR count). The summed E-state index contributed by atoms with van der Waals surface area (Å²) in [5, 5.41) is 6.83. The summed E-state index contributed by atoms with van der Waals surface area (Å²) in [5.74, 6) is 0.856. The van der Waals surface area contributed by atoms with Gasteiger partial charge < -0.3 is 9.47 Å². The van der Waals surface area contributed by atoms with E-state index >= 15 is 0 Å². The van der Waals surface area contributed by atoms with E-state index in [0.717, 1.165) is 16.6 Å². The number of hydrogen-bond donors (Lipinski definition) is 0. The van der Waals surface area contributed by atoms with Gasteiger partial charge in [-0.3, -0.25) is 0 Å². The second-order valence-electron chi connectivity index (χ2n) is 5.07. The van der Waals surface area contributed by atoms with Crippen LogP contribution in [0, 0.1) is 0 Å². The molecule has 1 unspecified atom stereocenters. The molecule has 0 bridgehead atoms. The molecule has 0 amide bonds. The van der Waals surface area contributed by atoms with Gasteiger partial charge in [0.15, 0.2) is 6.79 Å². The Morgan fingerprint density at radius 2 is 1.67 bits per heavy atom. The lowest BCUT2D eigenvalue weighted by Gasteiger charge is -2.12. The maximum absolute atomic E-state index is 5.66. The van der Waals surface area contributed by atoms with Crippen LogP contribution in [0.3, 0.4) is 0 Å². The molecule has 1 aromatic heterocycles. The minimum Gasteiger partial charge on any atom is -0.467 e. The zero-order chi connectivity index (χ0) is 16.6. The smallest absolute Gasteiger partial charge is 0.188 e. The van der Waals surface area contributed by atoms with Crippen LogP contribution in [0.1, 0.15) is 5.56 Å². The topological polar surface area (TPSA) is 35.8 Å². The van der Waals surface area contributed by atoms with Crippen LogP contribution in [0.25, 0.3) is 0 Å². The van der Waals surface area contributed by atoms with Gasteiger partial charge in [-0.1, -0.05) is 51.0 Å². The van der Waals surface area contributed by atoms with Gasteiger partial charge in [-0.05, 0) is 23.5 Å². The molecule has 2 aromatic carbocycles. The molecule has 3 aromatic rings. The van der Waals surface area contributed by atoms with E-state index in [-0.39, 0.29) is 6.79 Å². The Kier molecular flexibility index (Phi) is 5.78. The van der Waals surface area contributed by atoms with Crippen LogP contribution in [0.15, 0.2) is 78.2 Å². The number of nitrogens with zero attached hydrogens (tertiary/aromatic N) is 2. The summed E-state index contributed by atoms with van der Waals surface area (Å²) in [6.07, 6.45) is 5.71. The second-order valence-corrected chi connectivity index (χ2v) is 6.39. The Morgan fingerprint density at radius 3 is 2.46 bits per heavy atom. The maximum Gasteiger partial charge on any atom is 0.188 e. The largest absolute Gasteiger partial charge is 0.467 e. The van der Waals surface area contributed by atoms with Crippen LogP contribution in [-0.2, 0) is 4.74 Å². The standard InChI is InChI=1S/C19H19N2O2P/c1-22-15-23-17-9-3-5-11-19(17)24-18-10-4-2-8-16(18)14-20-21-12-6-7-13-21/h2-14,24H,15H2,1H3/b20-14-. The van der Waals surface area contributed by atoms with Gasteiger partial charge >= 0.3 is 0 Å². The van der Waals surface area contributed by atoms with E-state index in [0.29, 0.717) is 8.58 Å². The van der Waals surface area contributed by atoms with Gasteiger partial charge in [-0.15, -0.1) is 0 Å². The molecular weight excluding hydrogens is 319 g/mol. The van der Waals surface area contributed by atoms with Crippen molar-refractivity contribution in [2.75, 3.05) is 13.9 Å².